The van der Waals surface area contributed by atoms with E-state index in [0.717, 1.165) is 11.1 Å². The lowest BCUT2D eigenvalue weighted by Crippen LogP contribution is -2.00. The zero-order chi connectivity index (χ0) is 18.0. The third kappa shape index (κ3) is 3.05. The number of rotatable bonds is 5. The first-order chi connectivity index (χ1) is 12.1. The second-order valence-electron chi connectivity index (χ2n) is 5.65. The van der Waals surface area contributed by atoms with Gasteiger partial charge in [-0.05, 0) is 35.4 Å². The summed E-state index contributed by atoms with van der Waals surface area (Å²) >= 11 is 0. The standard InChI is InChI=1S/C20H20O5/c1-22-15-10-13-9-14(20(21)19(13)18(11-15)25-4)7-12-5-6-16(23-2)17(8-12)24-3/h5-8,10-11H,9H2,1-4H3/b14-7+. The van der Waals surface area contributed by atoms with E-state index in [9.17, 15) is 4.79 Å². The molecule has 3 rings (SSSR count). The topological polar surface area (TPSA) is 54.0 Å². The van der Waals surface area contributed by atoms with Crippen LogP contribution in [-0.4, -0.2) is 34.2 Å². The van der Waals surface area contributed by atoms with E-state index in [1.165, 1.54) is 0 Å². The Morgan fingerprint density at radius 1 is 0.840 bits per heavy atom. The average molecular weight is 340 g/mol. The molecule has 0 spiro atoms. The normalized spacial score (nSPS) is 14.4. The number of benzene rings is 2. The summed E-state index contributed by atoms with van der Waals surface area (Å²) in [6.45, 7) is 0. The van der Waals surface area contributed by atoms with Crippen molar-refractivity contribution < 1.29 is 23.7 Å². The van der Waals surface area contributed by atoms with E-state index in [1.807, 2.05) is 30.3 Å². The molecule has 0 atom stereocenters. The Balaban J connectivity index is 2.00. The van der Waals surface area contributed by atoms with Gasteiger partial charge in [-0.25, -0.2) is 0 Å². The Hall–Kier alpha value is -2.95. The molecule has 0 heterocycles. The van der Waals surface area contributed by atoms with E-state index >= 15 is 0 Å². The number of ketones is 1. The molecule has 0 radical (unpaired) electrons. The van der Waals surface area contributed by atoms with Crippen molar-refractivity contribution in [3.63, 3.8) is 0 Å². The van der Waals surface area contributed by atoms with Crippen LogP contribution in [-0.2, 0) is 6.42 Å². The molecular weight excluding hydrogens is 320 g/mol. The summed E-state index contributed by atoms with van der Waals surface area (Å²) in [6.07, 6.45) is 2.41. The minimum Gasteiger partial charge on any atom is -0.497 e. The smallest absolute Gasteiger partial charge is 0.193 e. The molecule has 1 aliphatic rings. The molecule has 0 aliphatic heterocycles. The maximum absolute atomic E-state index is 12.8. The Bertz CT molecular complexity index is 851. The molecule has 5 nitrogen and oxygen atoms in total. The van der Waals surface area contributed by atoms with Gasteiger partial charge in [0.1, 0.15) is 11.5 Å². The highest BCUT2D eigenvalue weighted by Gasteiger charge is 2.29. The summed E-state index contributed by atoms with van der Waals surface area (Å²) in [7, 11) is 6.33. The van der Waals surface area contributed by atoms with Gasteiger partial charge in [-0.1, -0.05) is 6.07 Å². The molecule has 130 valence electrons. The highest BCUT2D eigenvalue weighted by Crippen LogP contribution is 2.38. The predicted molar refractivity (Wildman–Crippen MR) is 95.1 cm³/mol. The molecule has 0 aromatic heterocycles. The summed E-state index contributed by atoms with van der Waals surface area (Å²) in [5, 5.41) is 0. The van der Waals surface area contributed by atoms with Gasteiger partial charge in [0.2, 0.25) is 0 Å². The molecule has 0 N–H and O–H groups in total. The maximum Gasteiger partial charge on any atom is 0.193 e. The van der Waals surface area contributed by atoms with Crippen LogP contribution >= 0.6 is 0 Å². The highest BCUT2D eigenvalue weighted by molar-refractivity contribution is 6.17. The molecule has 0 saturated heterocycles. The number of Topliss-reactive ketones (excluding diaryl/α,β-unsaturated/α-hetero) is 1. The minimum absolute atomic E-state index is 0.0238. The van der Waals surface area contributed by atoms with Gasteiger partial charge in [-0.15, -0.1) is 0 Å². The first-order valence-corrected chi connectivity index (χ1v) is 7.83. The number of carbonyl (C=O) groups is 1. The largest absolute Gasteiger partial charge is 0.497 e. The Morgan fingerprint density at radius 3 is 2.20 bits per heavy atom. The van der Waals surface area contributed by atoms with Crippen LogP contribution in [0.1, 0.15) is 21.5 Å². The van der Waals surface area contributed by atoms with Crippen molar-refractivity contribution in [1.29, 1.82) is 0 Å². The number of allylic oxidation sites excluding steroid dienone is 1. The van der Waals surface area contributed by atoms with E-state index in [0.29, 0.717) is 40.6 Å². The number of methoxy groups -OCH3 is 4. The molecule has 0 bridgehead atoms. The molecule has 2 aromatic rings. The number of fused-ring (bicyclic) bond motifs is 1. The van der Waals surface area contributed by atoms with Gasteiger partial charge in [0, 0.05) is 18.1 Å². The third-order valence-corrected chi connectivity index (χ3v) is 4.26. The van der Waals surface area contributed by atoms with Crippen molar-refractivity contribution in [2.45, 2.75) is 6.42 Å². The number of hydrogen-bond acceptors (Lipinski definition) is 5. The van der Waals surface area contributed by atoms with E-state index < -0.39 is 0 Å². The van der Waals surface area contributed by atoms with Gasteiger partial charge >= 0.3 is 0 Å². The van der Waals surface area contributed by atoms with Gasteiger partial charge in [-0.3, -0.25) is 4.79 Å². The van der Waals surface area contributed by atoms with Gasteiger partial charge in [-0.2, -0.15) is 0 Å². The Kier molecular flexibility index (Phi) is 4.65. The summed E-state index contributed by atoms with van der Waals surface area (Å²) in [5.74, 6) is 2.46. The molecule has 0 saturated carbocycles. The second kappa shape index (κ2) is 6.89. The van der Waals surface area contributed by atoms with Crippen LogP contribution in [0, 0.1) is 0 Å². The monoisotopic (exact) mass is 340 g/mol. The Labute approximate surface area is 146 Å². The van der Waals surface area contributed by atoms with Crippen molar-refractivity contribution in [2.24, 2.45) is 0 Å². The van der Waals surface area contributed by atoms with Crippen molar-refractivity contribution in [3.8, 4) is 23.0 Å². The third-order valence-electron chi connectivity index (χ3n) is 4.26. The van der Waals surface area contributed by atoms with E-state index in [2.05, 4.69) is 0 Å². The lowest BCUT2D eigenvalue weighted by Gasteiger charge is -2.08. The van der Waals surface area contributed by atoms with Crippen molar-refractivity contribution in [3.05, 3.63) is 52.6 Å². The zero-order valence-corrected chi connectivity index (χ0v) is 14.7. The first kappa shape index (κ1) is 16.9. The maximum atomic E-state index is 12.8. The van der Waals surface area contributed by atoms with Crippen LogP contribution in [0.2, 0.25) is 0 Å². The van der Waals surface area contributed by atoms with Crippen molar-refractivity contribution in [2.75, 3.05) is 28.4 Å². The fraction of sp³-hybridized carbons (Fsp3) is 0.250. The summed E-state index contributed by atoms with van der Waals surface area (Å²) in [5.41, 5.74) is 3.09. The Morgan fingerprint density at radius 2 is 1.56 bits per heavy atom. The van der Waals surface area contributed by atoms with Crippen LogP contribution in [0.4, 0.5) is 0 Å². The molecule has 25 heavy (non-hydrogen) atoms. The van der Waals surface area contributed by atoms with Gasteiger partial charge in [0.15, 0.2) is 17.3 Å². The zero-order valence-electron chi connectivity index (χ0n) is 14.7. The molecule has 0 unspecified atom stereocenters. The van der Waals surface area contributed by atoms with Gasteiger partial charge < -0.3 is 18.9 Å². The van der Waals surface area contributed by atoms with Crippen LogP contribution < -0.4 is 18.9 Å². The van der Waals surface area contributed by atoms with E-state index in [1.54, 1.807) is 34.5 Å². The van der Waals surface area contributed by atoms with Gasteiger partial charge in [0.25, 0.3) is 0 Å². The quantitative estimate of drug-likeness (QED) is 0.779. The fourth-order valence-corrected chi connectivity index (χ4v) is 3.03. The molecule has 5 heteroatoms. The summed E-state index contributed by atoms with van der Waals surface area (Å²) in [4.78, 5) is 12.8. The van der Waals surface area contributed by atoms with Crippen LogP contribution in [0.3, 0.4) is 0 Å². The van der Waals surface area contributed by atoms with Crippen LogP contribution in [0.5, 0.6) is 23.0 Å². The van der Waals surface area contributed by atoms with Gasteiger partial charge in [0.05, 0.1) is 34.0 Å². The lowest BCUT2D eigenvalue weighted by molar-refractivity contribution is 0.103. The van der Waals surface area contributed by atoms with Crippen LogP contribution in [0.15, 0.2) is 35.9 Å². The summed E-state index contributed by atoms with van der Waals surface area (Å²) < 4.78 is 21.2. The van der Waals surface area contributed by atoms with Crippen molar-refractivity contribution in [1.82, 2.24) is 0 Å². The van der Waals surface area contributed by atoms with E-state index in [4.69, 9.17) is 18.9 Å². The molecular formula is C20H20O5. The fourth-order valence-electron chi connectivity index (χ4n) is 3.03. The molecule has 1 aliphatic carbocycles. The van der Waals surface area contributed by atoms with Crippen LogP contribution in [0.25, 0.3) is 6.08 Å². The lowest BCUT2D eigenvalue weighted by atomic mass is 10.1. The number of carbonyl (C=O) groups excluding carboxylic acids is 1. The molecule has 0 fully saturated rings. The minimum atomic E-state index is -0.0238. The van der Waals surface area contributed by atoms with Crippen molar-refractivity contribution >= 4 is 11.9 Å². The number of ether oxygens (including phenoxy) is 4. The molecule has 0 amide bonds. The predicted octanol–water partition coefficient (Wildman–Crippen LogP) is 3.54. The summed E-state index contributed by atoms with van der Waals surface area (Å²) in [6, 6.07) is 9.17. The average Bonchev–Trinajstić information content (AvgIpc) is 2.96. The number of hydrogen-bond donors (Lipinski definition) is 0. The van der Waals surface area contributed by atoms with E-state index in [-0.39, 0.29) is 5.78 Å². The second-order valence-corrected chi connectivity index (χ2v) is 5.65. The first-order valence-electron chi connectivity index (χ1n) is 7.83. The molecule has 2 aromatic carbocycles. The highest BCUT2D eigenvalue weighted by atomic mass is 16.5. The SMILES string of the molecule is COc1cc2c(c(OC)c1)C(=O)/C(=C/c1ccc(OC)c(OC)c1)C2.